The van der Waals surface area contributed by atoms with Crippen molar-refractivity contribution in [2.75, 3.05) is 17.3 Å². The Morgan fingerprint density at radius 2 is 1.68 bits per heavy atom. The number of esters is 1. The maximum Gasteiger partial charge on any atom is 0.339 e. The highest BCUT2D eigenvalue weighted by molar-refractivity contribution is 6.53. The van der Waals surface area contributed by atoms with Crippen LogP contribution in [0.4, 0.5) is 11.4 Å². The second kappa shape index (κ2) is 7.53. The van der Waals surface area contributed by atoms with Crippen molar-refractivity contribution >= 4 is 46.7 Å². The Kier molecular flexibility index (Phi) is 5.14. The maximum atomic E-state index is 12.8. The Morgan fingerprint density at radius 3 is 2.29 bits per heavy atom. The molecule has 2 amide bonds. The zero-order valence-electron chi connectivity index (χ0n) is 14.4. The van der Waals surface area contributed by atoms with Crippen LogP contribution in [0.15, 0.2) is 59.3 Å². The number of carboxylic acids is 1. The number of hydrogen-bond acceptors (Lipinski definition) is 7. The lowest BCUT2D eigenvalue weighted by atomic mass is 10.1. The van der Waals surface area contributed by atoms with Gasteiger partial charge in [-0.25, -0.2) is 9.69 Å². The molecule has 1 aliphatic heterocycles. The number of benzene rings is 2. The summed E-state index contributed by atoms with van der Waals surface area (Å²) in [5.41, 5.74) is 0.144. The van der Waals surface area contributed by atoms with Gasteiger partial charge in [-0.15, -0.1) is 0 Å². The van der Waals surface area contributed by atoms with E-state index in [1.807, 2.05) is 0 Å². The van der Waals surface area contributed by atoms with Gasteiger partial charge in [0, 0.05) is 5.69 Å². The normalized spacial score (nSPS) is 13.7. The standard InChI is InChI=1S/C19H13ClN2O6/c1-28-19(27)12-4-2-3-5-13(12)22-16(23)14(20)15(17(22)24)21-11-8-6-10(7-9-11)18(25)26/h2-9,21H,1H3,(H,25,26)/p-1. The van der Waals surface area contributed by atoms with Crippen LogP contribution < -0.4 is 15.3 Å². The van der Waals surface area contributed by atoms with E-state index in [4.69, 9.17) is 11.6 Å². The van der Waals surface area contributed by atoms with Crippen molar-refractivity contribution in [3.8, 4) is 0 Å². The Balaban J connectivity index is 1.93. The number of aromatic carboxylic acids is 1. The van der Waals surface area contributed by atoms with Crippen LogP contribution in [-0.2, 0) is 14.3 Å². The number of carbonyl (C=O) groups is 4. The molecule has 1 heterocycles. The van der Waals surface area contributed by atoms with E-state index in [0.29, 0.717) is 5.69 Å². The highest BCUT2D eigenvalue weighted by Gasteiger charge is 2.40. The Morgan fingerprint density at radius 1 is 1.04 bits per heavy atom. The van der Waals surface area contributed by atoms with E-state index in [9.17, 15) is 24.3 Å². The first-order valence-corrected chi connectivity index (χ1v) is 8.27. The predicted octanol–water partition coefficient (Wildman–Crippen LogP) is 1.27. The number of anilines is 2. The molecular weight excluding hydrogens is 388 g/mol. The molecule has 9 heteroatoms. The third-order valence-corrected chi connectivity index (χ3v) is 4.32. The van der Waals surface area contributed by atoms with E-state index in [1.54, 1.807) is 12.1 Å². The van der Waals surface area contributed by atoms with Gasteiger partial charge >= 0.3 is 5.97 Å². The molecular formula is C19H12ClN2O6-. The zero-order chi connectivity index (χ0) is 20.4. The number of carboxylic acid groups (broad SMARTS) is 1. The van der Waals surface area contributed by atoms with Crippen molar-refractivity contribution < 1.29 is 29.0 Å². The monoisotopic (exact) mass is 399 g/mol. The molecule has 8 nitrogen and oxygen atoms in total. The summed E-state index contributed by atoms with van der Waals surface area (Å²) in [6.45, 7) is 0. The predicted molar refractivity (Wildman–Crippen MR) is 97.5 cm³/mol. The SMILES string of the molecule is COC(=O)c1ccccc1N1C(=O)C(Cl)=C(Nc2ccc(C(=O)[O-])cc2)C1=O. The number of methoxy groups -OCH3 is 1. The molecule has 0 atom stereocenters. The number of imide groups is 1. The zero-order valence-corrected chi connectivity index (χ0v) is 15.1. The van der Waals surface area contributed by atoms with Crippen LogP contribution in [-0.4, -0.2) is 30.9 Å². The Labute approximate surface area is 164 Å². The lowest BCUT2D eigenvalue weighted by molar-refractivity contribution is -0.255. The Bertz CT molecular complexity index is 1030. The fraction of sp³-hybridized carbons (Fsp3) is 0.0526. The van der Waals surface area contributed by atoms with Crippen molar-refractivity contribution in [1.82, 2.24) is 0 Å². The molecule has 3 rings (SSSR count). The average Bonchev–Trinajstić information content (AvgIpc) is 2.91. The van der Waals surface area contributed by atoms with E-state index in [-0.39, 0.29) is 27.5 Å². The summed E-state index contributed by atoms with van der Waals surface area (Å²) in [7, 11) is 1.18. The van der Waals surface area contributed by atoms with Gasteiger partial charge in [-0.3, -0.25) is 9.59 Å². The topological polar surface area (TPSA) is 116 Å². The first-order valence-electron chi connectivity index (χ1n) is 7.89. The molecule has 0 bridgehead atoms. The van der Waals surface area contributed by atoms with Crippen molar-refractivity contribution in [3.05, 3.63) is 70.4 Å². The van der Waals surface area contributed by atoms with E-state index in [0.717, 1.165) is 4.90 Å². The number of nitrogens with zero attached hydrogens (tertiary/aromatic N) is 1. The van der Waals surface area contributed by atoms with E-state index in [2.05, 4.69) is 10.1 Å². The third-order valence-electron chi connectivity index (χ3n) is 3.97. The van der Waals surface area contributed by atoms with Crippen LogP contribution in [0.5, 0.6) is 0 Å². The van der Waals surface area contributed by atoms with Gasteiger partial charge in [0.25, 0.3) is 11.8 Å². The lowest BCUT2D eigenvalue weighted by Crippen LogP contribution is -2.33. The number of amides is 2. The van der Waals surface area contributed by atoms with Gasteiger partial charge in [0.2, 0.25) is 0 Å². The van der Waals surface area contributed by atoms with E-state index < -0.39 is 23.8 Å². The molecule has 0 unspecified atom stereocenters. The maximum absolute atomic E-state index is 12.8. The molecule has 0 radical (unpaired) electrons. The summed E-state index contributed by atoms with van der Waals surface area (Å²) in [6, 6.07) is 11.3. The highest BCUT2D eigenvalue weighted by Crippen LogP contribution is 2.32. The van der Waals surface area contributed by atoms with E-state index >= 15 is 0 Å². The number of rotatable bonds is 5. The van der Waals surface area contributed by atoms with Crippen LogP contribution in [0.3, 0.4) is 0 Å². The fourth-order valence-corrected chi connectivity index (χ4v) is 2.83. The molecule has 1 N–H and O–H groups in total. The molecule has 0 saturated carbocycles. The summed E-state index contributed by atoms with van der Waals surface area (Å²) in [4.78, 5) is 48.9. The minimum Gasteiger partial charge on any atom is -0.545 e. The summed E-state index contributed by atoms with van der Waals surface area (Å²) in [6.07, 6.45) is 0. The average molecular weight is 400 g/mol. The highest BCUT2D eigenvalue weighted by atomic mass is 35.5. The molecule has 0 aromatic heterocycles. The third kappa shape index (κ3) is 3.33. The number of para-hydroxylation sites is 1. The number of ether oxygens (including phenoxy) is 1. The van der Waals surface area contributed by atoms with Crippen molar-refractivity contribution in [2.24, 2.45) is 0 Å². The number of halogens is 1. The van der Waals surface area contributed by atoms with Crippen molar-refractivity contribution in [1.29, 1.82) is 0 Å². The van der Waals surface area contributed by atoms with Crippen LogP contribution in [0, 0.1) is 0 Å². The molecule has 2 aromatic carbocycles. The largest absolute Gasteiger partial charge is 0.545 e. The molecule has 2 aromatic rings. The van der Waals surface area contributed by atoms with Crippen LogP contribution in [0.2, 0.25) is 0 Å². The van der Waals surface area contributed by atoms with Crippen LogP contribution in [0.25, 0.3) is 0 Å². The minimum absolute atomic E-state index is 0.0238. The molecule has 1 aliphatic rings. The molecule has 0 fully saturated rings. The molecule has 28 heavy (non-hydrogen) atoms. The molecule has 0 aliphatic carbocycles. The van der Waals surface area contributed by atoms with Gasteiger partial charge in [0.1, 0.15) is 10.7 Å². The summed E-state index contributed by atoms with van der Waals surface area (Å²) in [5, 5.41) is 13.1. The smallest absolute Gasteiger partial charge is 0.339 e. The van der Waals surface area contributed by atoms with Gasteiger partial charge in [-0.2, -0.15) is 0 Å². The second-order valence-corrected chi connectivity index (χ2v) is 6.01. The van der Waals surface area contributed by atoms with Crippen LogP contribution >= 0.6 is 11.6 Å². The van der Waals surface area contributed by atoms with Gasteiger partial charge in [-0.1, -0.05) is 35.9 Å². The Hall–Kier alpha value is -3.65. The van der Waals surface area contributed by atoms with Gasteiger partial charge < -0.3 is 20.0 Å². The second-order valence-electron chi connectivity index (χ2n) is 5.63. The fourth-order valence-electron chi connectivity index (χ4n) is 2.62. The number of nitrogens with one attached hydrogen (secondary N) is 1. The van der Waals surface area contributed by atoms with Gasteiger partial charge in [-0.05, 0) is 29.8 Å². The summed E-state index contributed by atoms with van der Waals surface area (Å²) < 4.78 is 4.68. The summed E-state index contributed by atoms with van der Waals surface area (Å²) in [5.74, 6) is -3.64. The van der Waals surface area contributed by atoms with E-state index in [1.165, 1.54) is 43.5 Å². The van der Waals surface area contributed by atoms with Crippen molar-refractivity contribution in [2.45, 2.75) is 0 Å². The first kappa shape index (κ1) is 19.1. The van der Waals surface area contributed by atoms with Gasteiger partial charge in [0.05, 0.1) is 24.3 Å². The quantitative estimate of drug-likeness (QED) is 0.594. The van der Waals surface area contributed by atoms with Crippen LogP contribution in [0.1, 0.15) is 20.7 Å². The summed E-state index contributed by atoms with van der Waals surface area (Å²) >= 11 is 6.05. The molecule has 0 spiro atoms. The van der Waals surface area contributed by atoms with Crippen molar-refractivity contribution in [3.63, 3.8) is 0 Å². The minimum atomic E-state index is -1.35. The number of carbonyl (C=O) groups excluding carboxylic acids is 4. The van der Waals surface area contributed by atoms with Gasteiger partial charge in [0.15, 0.2) is 0 Å². The number of hydrogen-bond donors (Lipinski definition) is 1. The lowest BCUT2D eigenvalue weighted by Gasteiger charge is -2.18. The molecule has 0 saturated heterocycles. The first-order chi connectivity index (χ1) is 13.3. The molecule has 142 valence electrons.